The Morgan fingerprint density at radius 2 is 2.05 bits per heavy atom. The van der Waals surface area contributed by atoms with Crippen molar-refractivity contribution in [1.82, 2.24) is 15.8 Å². The maximum Gasteiger partial charge on any atom is 0.191 e. The summed E-state index contributed by atoms with van der Waals surface area (Å²) in [6.45, 7) is 12.0. The highest BCUT2D eigenvalue weighted by atomic mass is 127. The van der Waals surface area contributed by atoms with Gasteiger partial charge in [0.1, 0.15) is 5.76 Å². The van der Waals surface area contributed by atoms with E-state index in [2.05, 4.69) is 41.2 Å². The van der Waals surface area contributed by atoms with E-state index in [9.17, 15) is 0 Å². The van der Waals surface area contributed by atoms with Crippen molar-refractivity contribution in [2.45, 2.75) is 40.2 Å². The van der Waals surface area contributed by atoms with E-state index in [4.69, 9.17) is 4.52 Å². The number of nitrogens with zero attached hydrogens (tertiary/aromatic N) is 2. The first kappa shape index (κ1) is 18.9. The van der Waals surface area contributed by atoms with Crippen LogP contribution in [0, 0.1) is 0 Å². The minimum atomic E-state index is 0. The predicted molar refractivity (Wildman–Crippen MR) is 93.7 cm³/mol. The fourth-order valence-corrected chi connectivity index (χ4v) is 1.79. The molecule has 0 aliphatic heterocycles. The lowest BCUT2D eigenvalue weighted by Gasteiger charge is -2.09. The molecular weight excluding hydrogens is 367 g/mol. The molecule has 0 spiro atoms. The van der Waals surface area contributed by atoms with Gasteiger partial charge in [0, 0.05) is 25.1 Å². The van der Waals surface area contributed by atoms with Crippen molar-refractivity contribution < 1.29 is 4.52 Å². The van der Waals surface area contributed by atoms with Crippen LogP contribution in [0.3, 0.4) is 0 Å². The summed E-state index contributed by atoms with van der Waals surface area (Å²) in [7, 11) is 0. The van der Waals surface area contributed by atoms with Gasteiger partial charge in [-0.2, -0.15) is 0 Å². The molecule has 0 saturated carbocycles. The summed E-state index contributed by atoms with van der Waals surface area (Å²) < 4.78 is 5.33. The largest absolute Gasteiger partial charge is 0.361 e. The van der Waals surface area contributed by atoms with Crippen LogP contribution in [0.15, 0.2) is 22.2 Å². The van der Waals surface area contributed by atoms with Crippen molar-refractivity contribution >= 4 is 29.9 Å². The lowest BCUT2D eigenvalue weighted by Crippen LogP contribution is -2.37. The Morgan fingerprint density at radius 1 is 1.30 bits per heavy atom. The van der Waals surface area contributed by atoms with E-state index in [1.807, 2.05) is 6.92 Å². The fraction of sp³-hybridized carbons (Fsp3) is 0.571. The van der Waals surface area contributed by atoms with Crippen LogP contribution in [0.2, 0.25) is 0 Å². The highest BCUT2D eigenvalue weighted by Crippen LogP contribution is 2.16. The Balaban J connectivity index is 0.00000361. The number of nitrogens with one attached hydrogen (secondary N) is 2. The zero-order chi connectivity index (χ0) is 14.1. The van der Waals surface area contributed by atoms with Crippen molar-refractivity contribution in [1.29, 1.82) is 0 Å². The molecule has 0 unspecified atom stereocenters. The van der Waals surface area contributed by atoms with Crippen LogP contribution < -0.4 is 10.6 Å². The summed E-state index contributed by atoms with van der Waals surface area (Å²) in [6, 6.07) is 0. The topological polar surface area (TPSA) is 62.5 Å². The molecule has 0 amide bonds. The van der Waals surface area contributed by atoms with Crippen molar-refractivity contribution in [3.8, 4) is 0 Å². The highest BCUT2D eigenvalue weighted by Gasteiger charge is 2.12. The molecule has 20 heavy (non-hydrogen) atoms. The molecule has 0 aliphatic carbocycles. The van der Waals surface area contributed by atoms with Crippen LogP contribution in [0.25, 0.3) is 0 Å². The molecule has 0 atom stereocenters. The van der Waals surface area contributed by atoms with Gasteiger partial charge in [0.05, 0.1) is 12.2 Å². The van der Waals surface area contributed by atoms with Gasteiger partial charge in [-0.3, -0.25) is 0 Å². The molecule has 1 aromatic rings. The molecule has 0 saturated heterocycles. The van der Waals surface area contributed by atoms with Gasteiger partial charge < -0.3 is 15.2 Å². The van der Waals surface area contributed by atoms with Crippen LogP contribution in [-0.4, -0.2) is 24.2 Å². The number of rotatable bonds is 7. The van der Waals surface area contributed by atoms with Gasteiger partial charge in [-0.25, -0.2) is 4.99 Å². The monoisotopic (exact) mass is 392 g/mol. The number of guanidine groups is 1. The van der Waals surface area contributed by atoms with Gasteiger partial charge in [-0.05, 0) is 13.3 Å². The van der Waals surface area contributed by atoms with Crippen LogP contribution >= 0.6 is 24.0 Å². The smallest absolute Gasteiger partial charge is 0.191 e. The van der Waals surface area contributed by atoms with E-state index in [-0.39, 0.29) is 24.0 Å². The molecule has 0 fully saturated rings. The van der Waals surface area contributed by atoms with Gasteiger partial charge in [-0.1, -0.05) is 25.1 Å². The maximum absolute atomic E-state index is 5.33. The second kappa shape index (κ2) is 10.7. The third kappa shape index (κ3) is 5.52. The summed E-state index contributed by atoms with van der Waals surface area (Å²) in [5.41, 5.74) is 2.11. The van der Waals surface area contributed by atoms with Gasteiger partial charge >= 0.3 is 0 Å². The van der Waals surface area contributed by atoms with Gasteiger partial charge in [-0.15, -0.1) is 30.6 Å². The Morgan fingerprint density at radius 3 is 2.60 bits per heavy atom. The molecular formula is C14H25IN4O. The molecule has 1 aromatic heterocycles. The maximum atomic E-state index is 5.33. The Hall–Kier alpha value is -1.05. The molecule has 114 valence electrons. The Bertz CT molecular complexity index is 407. The summed E-state index contributed by atoms with van der Waals surface area (Å²) in [5.74, 6) is 1.72. The van der Waals surface area contributed by atoms with E-state index >= 15 is 0 Å². The van der Waals surface area contributed by atoms with Crippen LogP contribution in [-0.2, 0) is 19.4 Å². The lowest BCUT2D eigenvalue weighted by molar-refractivity contribution is 0.380. The minimum Gasteiger partial charge on any atom is -0.361 e. The second-order valence-electron chi connectivity index (χ2n) is 4.10. The van der Waals surface area contributed by atoms with Crippen molar-refractivity contribution in [2.24, 2.45) is 4.99 Å². The summed E-state index contributed by atoms with van der Waals surface area (Å²) in [6.07, 6.45) is 3.51. The Kier molecular flexibility index (Phi) is 10.1. The average Bonchev–Trinajstić information content (AvgIpc) is 2.83. The van der Waals surface area contributed by atoms with E-state index in [1.165, 1.54) is 0 Å². The first-order valence-corrected chi connectivity index (χ1v) is 6.86. The zero-order valence-corrected chi connectivity index (χ0v) is 14.9. The van der Waals surface area contributed by atoms with Crippen molar-refractivity contribution in [3.63, 3.8) is 0 Å². The van der Waals surface area contributed by atoms with Gasteiger partial charge in [0.2, 0.25) is 0 Å². The number of halogens is 1. The molecule has 1 rings (SSSR count). The number of aryl methyl sites for hydroxylation is 2. The Labute approximate surface area is 138 Å². The number of aliphatic imine (C=N–C) groups is 1. The lowest BCUT2D eigenvalue weighted by atomic mass is 10.1. The normalized spacial score (nSPS) is 10.8. The SMILES string of the molecule is C=CCNC(=NCc1c(CC)noc1CC)NCC.I. The molecule has 6 heteroatoms. The van der Waals surface area contributed by atoms with E-state index in [1.54, 1.807) is 6.08 Å². The van der Waals surface area contributed by atoms with E-state index in [0.29, 0.717) is 13.1 Å². The molecule has 2 N–H and O–H groups in total. The predicted octanol–water partition coefficient (Wildman–Crippen LogP) is 2.66. The number of hydrogen-bond donors (Lipinski definition) is 2. The zero-order valence-electron chi connectivity index (χ0n) is 12.5. The third-order valence-corrected chi connectivity index (χ3v) is 2.76. The summed E-state index contributed by atoms with van der Waals surface area (Å²) in [5, 5.41) is 10.5. The van der Waals surface area contributed by atoms with Gasteiger partial charge in [0.15, 0.2) is 5.96 Å². The van der Waals surface area contributed by atoms with Crippen molar-refractivity contribution in [2.75, 3.05) is 13.1 Å². The molecule has 0 radical (unpaired) electrons. The quantitative estimate of drug-likeness (QED) is 0.324. The number of aromatic nitrogens is 1. The highest BCUT2D eigenvalue weighted by molar-refractivity contribution is 14.0. The second-order valence-corrected chi connectivity index (χ2v) is 4.10. The first-order chi connectivity index (χ1) is 9.26. The number of hydrogen-bond acceptors (Lipinski definition) is 3. The standard InChI is InChI=1S/C14H24N4O.HI/c1-5-9-16-14(15-8-4)17-10-11-12(6-2)18-19-13(11)7-3;/h5H,1,6-10H2,2-4H3,(H2,15,16,17);1H. The molecule has 1 heterocycles. The molecule has 0 bridgehead atoms. The average molecular weight is 392 g/mol. The summed E-state index contributed by atoms with van der Waals surface area (Å²) >= 11 is 0. The summed E-state index contributed by atoms with van der Waals surface area (Å²) in [4.78, 5) is 4.56. The minimum absolute atomic E-state index is 0. The van der Waals surface area contributed by atoms with Crippen LogP contribution in [0.1, 0.15) is 37.8 Å². The van der Waals surface area contributed by atoms with E-state index < -0.39 is 0 Å². The fourth-order valence-electron chi connectivity index (χ4n) is 1.79. The van der Waals surface area contributed by atoms with Crippen molar-refractivity contribution in [3.05, 3.63) is 29.7 Å². The first-order valence-electron chi connectivity index (χ1n) is 6.86. The van der Waals surface area contributed by atoms with Gasteiger partial charge in [0.25, 0.3) is 0 Å². The molecule has 5 nitrogen and oxygen atoms in total. The molecule has 0 aromatic carbocycles. The van der Waals surface area contributed by atoms with E-state index in [0.717, 1.165) is 42.4 Å². The van der Waals surface area contributed by atoms with Crippen LogP contribution in [0.4, 0.5) is 0 Å². The molecule has 0 aliphatic rings. The van der Waals surface area contributed by atoms with Crippen LogP contribution in [0.5, 0.6) is 0 Å². The third-order valence-electron chi connectivity index (χ3n) is 2.76.